The Labute approximate surface area is 132 Å². The van der Waals surface area contributed by atoms with Gasteiger partial charge in [-0.05, 0) is 41.9 Å². The second-order valence-electron chi connectivity index (χ2n) is 5.14. The van der Waals surface area contributed by atoms with Gasteiger partial charge in [0.2, 0.25) is 0 Å². The van der Waals surface area contributed by atoms with Crippen molar-refractivity contribution in [1.82, 2.24) is 10.2 Å². The maximum atomic E-state index is 4.41. The van der Waals surface area contributed by atoms with E-state index in [-0.39, 0.29) is 0 Å². The minimum atomic E-state index is 0.307. The molecule has 0 amide bonds. The van der Waals surface area contributed by atoms with Gasteiger partial charge in [-0.25, -0.2) is 0 Å². The Hall–Kier alpha value is -0.200. The van der Waals surface area contributed by atoms with Crippen molar-refractivity contribution in [2.75, 3.05) is 25.9 Å². The molecular weight excluding hydrogens is 342 g/mol. The van der Waals surface area contributed by atoms with E-state index in [0.29, 0.717) is 4.75 Å². The van der Waals surface area contributed by atoms with Gasteiger partial charge < -0.3 is 10.2 Å². The molecule has 1 aromatic heterocycles. The molecule has 0 aliphatic carbocycles. The molecule has 1 aliphatic heterocycles. The van der Waals surface area contributed by atoms with Crippen molar-refractivity contribution in [3.8, 4) is 0 Å². The predicted octanol–water partition coefficient (Wildman–Crippen LogP) is 3.41. The highest BCUT2D eigenvalue weighted by atomic mass is 79.9. The zero-order valence-corrected chi connectivity index (χ0v) is 14.8. The van der Waals surface area contributed by atoms with Crippen LogP contribution in [0.25, 0.3) is 0 Å². The molecule has 2 heterocycles. The number of nitrogens with one attached hydrogen (secondary N) is 1. The van der Waals surface area contributed by atoms with Gasteiger partial charge in [0.25, 0.3) is 0 Å². The standard InChI is InChI=1S/C13H20BrN3S2/c1-13(2)9-17(6-7-18-13)12(15-3)16-8-10-4-5-11(14)19-10/h4-5H,6-9H2,1-3H3,(H,15,16). The summed E-state index contributed by atoms with van der Waals surface area (Å²) in [6.45, 7) is 7.56. The first-order valence-corrected chi connectivity index (χ1v) is 8.93. The van der Waals surface area contributed by atoms with E-state index in [1.165, 1.54) is 8.66 Å². The highest BCUT2D eigenvalue weighted by Gasteiger charge is 2.28. The zero-order valence-electron chi connectivity index (χ0n) is 11.6. The van der Waals surface area contributed by atoms with Gasteiger partial charge in [0, 0.05) is 35.5 Å². The number of aliphatic imine (C=N–C) groups is 1. The van der Waals surface area contributed by atoms with Gasteiger partial charge in [0.1, 0.15) is 0 Å². The Morgan fingerprint density at radius 1 is 1.53 bits per heavy atom. The molecule has 0 aromatic carbocycles. The van der Waals surface area contributed by atoms with Crippen molar-refractivity contribution in [2.45, 2.75) is 25.1 Å². The van der Waals surface area contributed by atoms with Crippen LogP contribution in [0.4, 0.5) is 0 Å². The monoisotopic (exact) mass is 361 g/mol. The summed E-state index contributed by atoms with van der Waals surface area (Å²) in [7, 11) is 1.86. The first-order chi connectivity index (χ1) is 9.00. The van der Waals surface area contributed by atoms with Crippen molar-refractivity contribution in [2.24, 2.45) is 4.99 Å². The summed E-state index contributed by atoms with van der Waals surface area (Å²) in [5, 5.41) is 3.46. The van der Waals surface area contributed by atoms with Crippen LogP contribution in [0.15, 0.2) is 20.9 Å². The number of thiophene rings is 1. The molecule has 19 heavy (non-hydrogen) atoms. The van der Waals surface area contributed by atoms with E-state index in [9.17, 15) is 0 Å². The number of hydrogen-bond acceptors (Lipinski definition) is 3. The van der Waals surface area contributed by atoms with Crippen LogP contribution in [0.5, 0.6) is 0 Å². The van der Waals surface area contributed by atoms with E-state index in [1.807, 2.05) is 18.8 Å². The molecule has 1 aromatic rings. The highest BCUT2D eigenvalue weighted by Crippen LogP contribution is 2.29. The van der Waals surface area contributed by atoms with Crippen molar-refractivity contribution < 1.29 is 0 Å². The molecule has 1 N–H and O–H groups in total. The van der Waals surface area contributed by atoms with E-state index in [0.717, 1.165) is 31.3 Å². The van der Waals surface area contributed by atoms with Crippen LogP contribution in [0, 0.1) is 0 Å². The summed E-state index contributed by atoms with van der Waals surface area (Å²) in [5.41, 5.74) is 0. The van der Waals surface area contributed by atoms with Gasteiger partial charge in [-0.15, -0.1) is 11.3 Å². The Bertz CT molecular complexity index is 456. The van der Waals surface area contributed by atoms with E-state index >= 15 is 0 Å². The van der Waals surface area contributed by atoms with Crippen LogP contribution in [0.1, 0.15) is 18.7 Å². The molecule has 6 heteroatoms. The van der Waals surface area contributed by atoms with E-state index in [1.54, 1.807) is 11.3 Å². The van der Waals surface area contributed by atoms with E-state index in [2.05, 4.69) is 57.1 Å². The molecule has 3 nitrogen and oxygen atoms in total. The number of guanidine groups is 1. The molecule has 0 spiro atoms. The molecular formula is C13H20BrN3S2. The Balaban J connectivity index is 1.93. The van der Waals surface area contributed by atoms with Crippen LogP contribution in [0.3, 0.4) is 0 Å². The lowest BCUT2D eigenvalue weighted by atomic mass is 10.2. The second-order valence-corrected chi connectivity index (χ2v) is 9.49. The summed E-state index contributed by atoms with van der Waals surface area (Å²) in [6.07, 6.45) is 0. The van der Waals surface area contributed by atoms with Gasteiger partial charge in [0.15, 0.2) is 5.96 Å². The molecule has 1 fully saturated rings. The molecule has 2 rings (SSSR count). The molecule has 0 unspecified atom stereocenters. The topological polar surface area (TPSA) is 27.6 Å². The first kappa shape index (κ1) is 15.2. The Kier molecular flexibility index (Phi) is 5.20. The lowest BCUT2D eigenvalue weighted by molar-refractivity contribution is 0.376. The lowest BCUT2D eigenvalue weighted by Gasteiger charge is -2.39. The summed E-state index contributed by atoms with van der Waals surface area (Å²) < 4.78 is 1.48. The van der Waals surface area contributed by atoms with Gasteiger partial charge in [-0.2, -0.15) is 11.8 Å². The van der Waals surface area contributed by atoms with Crippen molar-refractivity contribution in [1.29, 1.82) is 0 Å². The average molecular weight is 362 g/mol. The van der Waals surface area contributed by atoms with Crippen LogP contribution in [-0.4, -0.2) is 41.5 Å². The second kappa shape index (κ2) is 6.50. The maximum absolute atomic E-state index is 4.41. The number of hydrogen-bond donors (Lipinski definition) is 1. The molecule has 0 radical (unpaired) electrons. The lowest BCUT2D eigenvalue weighted by Crippen LogP contribution is -2.50. The normalized spacial score (nSPS) is 19.6. The predicted molar refractivity (Wildman–Crippen MR) is 90.3 cm³/mol. The van der Waals surface area contributed by atoms with Gasteiger partial charge in [-0.1, -0.05) is 0 Å². The van der Waals surface area contributed by atoms with Crippen molar-refractivity contribution in [3.05, 3.63) is 20.8 Å². The fraction of sp³-hybridized carbons (Fsp3) is 0.615. The van der Waals surface area contributed by atoms with E-state index < -0.39 is 0 Å². The number of thioether (sulfide) groups is 1. The summed E-state index contributed by atoms with van der Waals surface area (Å²) in [4.78, 5) is 8.09. The van der Waals surface area contributed by atoms with Gasteiger partial charge in [-0.3, -0.25) is 4.99 Å². The summed E-state index contributed by atoms with van der Waals surface area (Å²) in [5.74, 6) is 2.18. The third-order valence-corrected chi connectivity index (χ3v) is 5.91. The fourth-order valence-corrected chi connectivity index (χ4v) is 4.68. The number of halogens is 1. The molecule has 1 aliphatic rings. The maximum Gasteiger partial charge on any atom is 0.194 e. The fourth-order valence-electron chi connectivity index (χ4n) is 2.14. The minimum absolute atomic E-state index is 0.307. The molecule has 0 bridgehead atoms. The molecule has 0 atom stereocenters. The van der Waals surface area contributed by atoms with Gasteiger partial charge in [0.05, 0.1) is 10.3 Å². The number of rotatable bonds is 2. The molecule has 1 saturated heterocycles. The zero-order chi connectivity index (χ0) is 13.9. The first-order valence-electron chi connectivity index (χ1n) is 6.34. The molecule has 106 valence electrons. The van der Waals surface area contributed by atoms with Crippen LogP contribution in [-0.2, 0) is 6.54 Å². The van der Waals surface area contributed by atoms with Crippen LogP contribution in [0.2, 0.25) is 0 Å². The minimum Gasteiger partial charge on any atom is -0.351 e. The summed E-state index contributed by atoms with van der Waals surface area (Å²) in [6, 6.07) is 4.23. The van der Waals surface area contributed by atoms with E-state index in [4.69, 9.17) is 0 Å². The van der Waals surface area contributed by atoms with Crippen LogP contribution >= 0.6 is 39.0 Å². The Morgan fingerprint density at radius 3 is 2.89 bits per heavy atom. The smallest absolute Gasteiger partial charge is 0.194 e. The molecule has 0 saturated carbocycles. The largest absolute Gasteiger partial charge is 0.351 e. The summed E-state index contributed by atoms with van der Waals surface area (Å²) >= 11 is 7.30. The highest BCUT2D eigenvalue weighted by molar-refractivity contribution is 9.11. The third-order valence-electron chi connectivity index (χ3n) is 2.99. The number of nitrogens with zero attached hydrogens (tertiary/aromatic N) is 2. The quantitative estimate of drug-likeness (QED) is 0.645. The van der Waals surface area contributed by atoms with Crippen LogP contribution < -0.4 is 5.32 Å². The van der Waals surface area contributed by atoms with Crippen molar-refractivity contribution >= 4 is 45.0 Å². The Morgan fingerprint density at radius 2 is 2.32 bits per heavy atom. The van der Waals surface area contributed by atoms with Crippen molar-refractivity contribution in [3.63, 3.8) is 0 Å². The SMILES string of the molecule is CN=C(NCc1ccc(Br)s1)N1CCSC(C)(C)C1. The average Bonchev–Trinajstić information content (AvgIpc) is 2.75. The third kappa shape index (κ3) is 4.39. The van der Waals surface area contributed by atoms with Gasteiger partial charge >= 0.3 is 0 Å².